The Bertz CT molecular complexity index is 1290. The molecule has 0 aliphatic rings. The first-order chi connectivity index (χ1) is 16.5. The number of carbonyl (C=O) groups is 1. The lowest BCUT2D eigenvalue weighted by Crippen LogP contribution is -2.16. The average Bonchev–Trinajstić information content (AvgIpc) is 2.86. The predicted octanol–water partition coefficient (Wildman–Crippen LogP) is 6.80. The number of rotatable bonds is 8. The van der Waals surface area contributed by atoms with Gasteiger partial charge in [0, 0.05) is 16.8 Å². The SMILES string of the molecule is COc1ccccc1NC(=O)c1nc(SCc2ccccc2C)ncc1Sc1ccc(C)cc1. The van der Waals surface area contributed by atoms with E-state index in [1.54, 1.807) is 25.4 Å². The average molecular weight is 488 g/mol. The van der Waals surface area contributed by atoms with Crippen molar-refractivity contribution in [1.82, 2.24) is 9.97 Å². The summed E-state index contributed by atoms with van der Waals surface area (Å²) in [7, 11) is 1.58. The number of thioether (sulfide) groups is 1. The van der Waals surface area contributed by atoms with Gasteiger partial charge in [-0.25, -0.2) is 9.97 Å². The number of aryl methyl sites for hydroxylation is 2. The van der Waals surface area contributed by atoms with Crippen molar-refractivity contribution >= 4 is 35.1 Å². The molecule has 0 spiro atoms. The highest BCUT2D eigenvalue weighted by Gasteiger charge is 2.18. The largest absolute Gasteiger partial charge is 0.495 e. The van der Waals surface area contributed by atoms with Crippen LogP contribution in [0.1, 0.15) is 27.2 Å². The molecule has 7 heteroatoms. The standard InChI is InChI=1S/C27H25N3O2S2/c1-18-12-14-21(15-13-18)34-24-16-28-27(33-17-20-9-5-4-8-19(20)2)30-25(24)26(31)29-22-10-6-7-11-23(22)32-3/h4-16H,17H2,1-3H3,(H,29,31). The van der Waals surface area contributed by atoms with Gasteiger partial charge in [0.15, 0.2) is 5.16 Å². The smallest absolute Gasteiger partial charge is 0.275 e. The number of hydrogen-bond donors (Lipinski definition) is 1. The highest BCUT2D eigenvalue weighted by Crippen LogP contribution is 2.32. The zero-order valence-electron chi connectivity index (χ0n) is 19.2. The fraction of sp³-hybridized carbons (Fsp3) is 0.148. The van der Waals surface area contributed by atoms with Crippen LogP contribution < -0.4 is 10.1 Å². The molecule has 0 atom stereocenters. The van der Waals surface area contributed by atoms with Crippen molar-refractivity contribution < 1.29 is 9.53 Å². The Labute approximate surface area is 208 Å². The Morgan fingerprint density at radius 1 is 0.971 bits per heavy atom. The van der Waals surface area contributed by atoms with Gasteiger partial charge in [0.1, 0.15) is 11.4 Å². The van der Waals surface area contributed by atoms with Gasteiger partial charge in [-0.2, -0.15) is 0 Å². The molecule has 4 aromatic rings. The molecule has 1 N–H and O–H groups in total. The molecule has 0 radical (unpaired) electrons. The van der Waals surface area contributed by atoms with Crippen LogP contribution in [0.2, 0.25) is 0 Å². The van der Waals surface area contributed by atoms with Crippen LogP contribution in [0.25, 0.3) is 0 Å². The molecule has 0 bridgehead atoms. The third kappa shape index (κ3) is 5.98. The van der Waals surface area contributed by atoms with E-state index >= 15 is 0 Å². The number of aromatic nitrogens is 2. The van der Waals surface area contributed by atoms with Gasteiger partial charge in [-0.1, -0.05) is 77.6 Å². The number of hydrogen-bond acceptors (Lipinski definition) is 6. The topological polar surface area (TPSA) is 64.1 Å². The summed E-state index contributed by atoms with van der Waals surface area (Å²) in [5.41, 5.74) is 4.54. The van der Waals surface area contributed by atoms with E-state index in [1.165, 1.54) is 40.2 Å². The van der Waals surface area contributed by atoms with Gasteiger partial charge in [-0.15, -0.1) is 0 Å². The van der Waals surface area contributed by atoms with Crippen molar-refractivity contribution in [1.29, 1.82) is 0 Å². The van der Waals surface area contributed by atoms with Crippen LogP contribution in [-0.4, -0.2) is 23.0 Å². The summed E-state index contributed by atoms with van der Waals surface area (Å²) in [6, 6.07) is 23.7. The van der Waals surface area contributed by atoms with Gasteiger partial charge < -0.3 is 10.1 Å². The maximum Gasteiger partial charge on any atom is 0.275 e. The summed E-state index contributed by atoms with van der Waals surface area (Å²) in [5, 5.41) is 3.50. The molecule has 3 aromatic carbocycles. The molecule has 4 rings (SSSR count). The van der Waals surface area contributed by atoms with Crippen molar-refractivity contribution in [2.75, 3.05) is 12.4 Å². The van der Waals surface area contributed by atoms with Gasteiger partial charge in [-0.05, 0) is 49.2 Å². The number of ether oxygens (including phenoxy) is 1. The minimum Gasteiger partial charge on any atom is -0.495 e. The lowest BCUT2D eigenvalue weighted by molar-refractivity contribution is 0.101. The number of anilines is 1. The van der Waals surface area contributed by atoms with Crippen molar-refractivity contribution in [3.8, 4) is 5.75 Å². The van der Waals surface area contributed by atoms with E-state index in [0.717, 1.165) is 10.6 Å². The summed E-state index contributed by atoms with van der Waals surface area (Å²) >= 11 is 2.99. The molecule has 0 saturated heterocycles. The number of methoxy groups -OCH3 is 1. The lowest BCUT2D eigenvalue weighted by Gasteiger charge is -2.13. The second-order valence-corrected chi connectivity index (χ2v) is 9.71. The number of para-hydroxylation sites is 2. The zero-order valence-corrected chi connectivity index (χ0v) is 20.9. The van der Waals surface area contributed by atoms with E-state index in [9.17, 15) is 4.79 Å². The molecule has 1 aromatic heterocycles. The molecule has 0 aliphatic heterocycles. The number of benzene rings is 3. The molecular weight excluding hydrogens is 462 g/mol. The highest BCUT2D eigenvalue weighted by molar-refractivity contribution is 7.99. The number of nitrogens with zero attached hydrogens (tertiary/aromatic N) is 2. The molecule has 0 saturated carbocycles. The summed E-state index contributed by atoms with van der Waals surface area (Å²) in [5.74, 6) is 1.01. The van der Waals surface area contributed by atoms with Crippen LogP contribution in [0.5, 0.6) is 5.75 Å². The fourth-order valence-corrected chi connectivity index (χ4v) is 5.00. The minimum absolute atomic E-state index is 0.306. The van der Waals surface area contributed by atoms with Gasteiger partial charge in [0.05, 0.1) is 17.7 Å². The predicted molar refractivity (Wildman–Crippen MR) is 139 cm³/mol. The molecular formula is C27H25N3O2S2. The molecule has 1 amide bonds. The summed E-state index contributed by atoms with van der Waals surface area (Å²) in [6.07, 6.45) is 1.73. The van der Waals surface area contributed by atoms with E-state index in [0.29, 0.717) is 27.2 Å². The third-order valence-electron chi connectivity index (χ3n) is 5.17. The van der Waals surface area contributed by atoms with Crippen molar-refractivity contribution in [2.45, 2.75) is 34.5 Å². The molecule has 0 aliphatic carbocycles. The molecule has 5 nitrogen and oxygen atoms in total. The second kappa shape index (κ2) is 11.2. The van der Waals surface area contributed by atoms with Crippen molar-refractivity contribution in [3.05, 3.63) is 101 Å². The fourth-order valence-electron chi connectivity index (χ4n) is 3.24. The lowest BCUT2D eigenvalue weighted by atomic mass is 10.1. The second-order valence-electron chi connectivity index (χ2n) is 7.65. The first-order valence-corrected chi connectivity index (χ1v) is 12.6. The summed E-state index contributed by atoms with van der Waals surface area (Å²) in [4.78, 5) is 24.3. The summed E-state index contributed by atoms with van der Waals surface area (Å²) < 4.78 is 5.38. The van der Waals surface area contributed by atoms with E-state index in [4.69, 9.17) is 4.74 Å². The highest BCUT2D eigenvalue weighted by atomic mass is 32.2. The molecule has 172 valence electrons. The minimum atomic E-state index is -0.306. The Kier molecular flexibility index (Phi) is 7.87. The van der Waals surface area contributed by atoms with Crippen LogP contribution in [0.15, 0.2) is 93.9 Å². The quantitative estimate of drug-likeness (QED) is 0.218. The van der Waals surface area contributed by atoms with Crippen molar-refractivity contribution in [2.24, 2.45) is 0 Å². The molecule has 1 heterocycles. The van der Waals surface area contributed by atoms with E-state index in [1.807, 2.05) is 55.5 Å². The zero-order chi connectivity index (χ0) is 23.9. The Balaban J connectivity index is 1.63. The third-order valence-corrected chi connectivity index (χ3v) is 7.11. The number of amides is 1. The maximum atomic E-state index is 13.3. The van der Waals surface area contributed by atoms with Crippen LogP contribution in [-0.2, 0) is 5.75 Å². The Morgan fingerprint density at radius 2 is 1.71 bits per heavy atom. The van der Waals surface area contributed by atoms with Gasteiger partial charge in [0.2, 0.25) is 0 Å². The van der Waals surface area contributed by atoms with Crippen LogP contribution in [0.3, 0.4) is 0 Å². The molecule has 0 unspecified atom stereocenters. The van der Waals surface area contributed by atoms with E-state index in [-0.39, 0.29) is 5.91 Å². The molecule has 34 heavy (non-hydrogen) atoms. The first kappa shape index (κ1) is 23.9. The van der Waals surface area contributed by atoms with Crippen molar-refractivity contribution in [3.63, 3.8) is 0 Å². The first-order valence-electron chi connectivity index (χ1n) is 10.8. The summed E-state index contributed by atoms with van der Waals surface area (Å²) in [6.45, 7) is 4.13. The van der Waals surface area contributed by atoms with Crippen LogP contribution in [0.4, 0.5) is 5.69 Å². The number of carbonyl (C=O) groups excluding carboxylic acids is 1. The van der Waals surface area contributed by atoms with E-state index < -0.39 is 0 Å². The maximum absolute atomic E-state index is 13.3. The normalized spacial score (nSPS) is 10.7. The number of nitrogens with one attached hydrogen (secondary N) is 1. The Hall–Kier alpha value is -3.29. The molecule has 0 fully saturated rings. The van der Waals surface area contributed by atoms with Gasteiger partial charge in [-0.3, -0.25) is 4.79 Å². The van der Waals surface area contributed by atoms with Crippen LogP contribution >= 0.6 is 23.5 Å². The van der Waals surface area contributed by atoms with Gasteiger partial charge >= 0.3 is 0 Å². The monoisotopic (exact) mass is 487 g/mol. The van der Waals surface area contributed by atoms with E-state index in [2.05, 4.69) is 34.3 Å². The van der Waals surface area contributed by atoms with Crippen LogP contribution in [0, 0.1) is 13.8 Å². The van der Waals surface area contributed by atoms with Gasteiger partial charge in [0.25, 0.3) is 5.91 Å². The Morgan fingerprint density at radius 3 is 2.47 bits per heavy atom.